The van der Waals surface area contributed by atoms with Gasteiger partial charge in [-0.1, -0.05) is 19.1 Å². The first-order valence-electron chi connectivity index (χ1n) is 13.1. The van der Waals surface area contributed by atoms with Crippen molar-refractivity contribution in [2.24, 2.45) is 13.0 Å². The summed E-state index contributed by atoms with van der Waals surface area (Å²) in [6.07, 6.45) is 2.23. The van der Waals surface area contributed by atoms with Gasteiger partial charge in [-0.25, -0.2) is 0 Å². The molecule has 2 atom stereocenters. The van der Waals surface area contributed by atoms with Crippen molar-refractivity contribution < 1.29 is 19.4 Å². The van der Waals surface area contributed by atoms with Crippen molar-refractivity contribution in [2.45, 2.75) is 52.7 Å². The van der Waals surface area contributed by atoms with Gasteiger partial charge in [0, 0.05) is 36.3 Å². The number of hydrogen-bond acceptors (Lipinski definition) is 6. The van der Waals surface area contributed by atoms with Crippen LogP contribution >= 0.6 is 0 Å². The zero-order chi connectivity index (χ0) is 28.2. The quantitative estimate of drug-likeness (QED) is 0.276. The van der Waals surface area contributed by atoms with Crippen molar-refractivity contribution in [3.63, 3.8) is 0 Å². The maximum absolute atomic E-state index is 13.2. The Morgan fingerprint density at radius 3 is 2.26 bits per heavy atom. The summed E-state index contributed by atoms with van der Waals surface area (Å²) in [5.74, 6) is -0.0681. The fourth-order valence-electron chi connectivity index (χ4n) is 5.59. The summed E-state index contributed by atoms with van der Waals surface area (Å²) in [6, 6.07) is 12.1. The van der Waals surface area contributed by atoms with Crippen molar-refractivity contribution >= 4 is 33.5 Å². The van der Waals surface area contributed by atoms with Gasteiger partial charge in [0.1, 0.15) is 5.75 Å². The topological polar surface area (TPSA) is 102 Å². The van der Waals surface area contributed by atoms with Crippen LogP contribution in [0.15, 0.2) is 53.5 Å². The number of carbonyl (C=O) groups excluding carboxylic acids is 2. The third-order valence-corrected chi connectivity index (χ3v) is 7.60. The number of carbonyl (C=O) groups is 2. The number of nitrogens with zero attached hydrogens (tertiary/aromatic N) is 3. The molecule has 2 aromatic carbocycles. The number of aryl methyl sites for hydroxylation is 2. The van der Waals surface area contributed by atoms with Gasteiger partial charge in [0.2, 0.25) is 0 Å². The fourth-order valence-corrected chi connectivity index (χ4v) is 5.59. The molecule has 0 saturated carbocycles. The van der Waals surface area contributed by atoms with E-state index in [4.69, 9.17) is 4.74 Å². The lowest BCUT2D eigenvalue weighted by atomic mass is 9.93. The molecule has 2 unspecified atom stereocenters. The number of ether oxygens (including phenoxy) is 1. The molecule has 5 rings (SSSR count). The Morgan fingerprint density at radius 2 is 1.64 bits per heavy atom. The summed E-state index contributed by atoms with van der Waals surface area (Å²) < 4.78 is 7.85. The van der Waals surface area contributed by atoms with E-state index in [0.717, 1.165) is 10.8 Å². The highest BCUT2D eigenvalue weighted by molar-refractivity contribution is 6.21. The highest BCUT2D eigenvalue weighted by atomic mass is 16.5. The van der Waals surface area contributed by atoms with Gasteiger partial charge in [0.05, 0.1) is 39.9 Å². The second kappa shape index (κ2) is 9.61. The molecule has 1 aliphatic rings. The van der Waals surface area contributed by atoms with Crippen LogP contribution in [0, 0.1) is 12.8 Å². The third kappa shape index (κ3) is 4.48. The van der Waals surface area contributed by atoms with E-state index in [1.165, 1.54) is 4.90 Å². The average Bonchev–Trinajstić information content (AvgIpc) is 3.14. The highest BCUT2D eigenvalue weighted by Gasteiger charge is 2.38. The number of pyridine rings is 2. The van der Waals surface area contributed by atoms with Crippen LogP contribution in [-0.2, 0) is 12.6 Å². The largest absolute Gasteiger partial charge is 0.493 e. The monoisotopic (exact) mass is 527 g/mol. The van der Waals surface area contributed by atoms with Crippen LogP contribution < -0.4 is 10.3 Å². The Morgan fingerprint density at radius 1 is 1.00 bits per heavy atom. The summed E-state index contributed by atoms with van der Waals surface area (Å²) in [7, 11) is 1.72. The first kappa shape index (κ1) is 26.6. The molecule has 0 fully saturated rings. The molecule has 8 nitrogen and oxygen atoms in total. The molecule has 8 heteroatoms. The lowest BCUT2D eigenvalue weighted by Gasteiger charge is -2.27. The number of imide groups is 1. The number of aromatic nitrogens is 2. The number of rotatable bonds is 7. The predicted octanol–water partition coefficient (Wildman–Crippen LogP) is 4.71. The van der Waals surface area contributed by atoms with Gasteiger partial charge in [0.15, 0.2) is 0 Å². The SMILES string of the molecule is Cc1nccc2c1c(=O)n(C)c1cc(OCC(C)CC(C)N3C(=O)c4ccccc4C3=O)c(C(C)(C)O)cc21. The number of hydrogen-bond donors (Lipinski definition) is 1. The molecule has 4 aromatic rings. The molecule has 3 heterocycles. The molecule has 0 saturated heterocycles. The van der Waals surface area contributed by atoms with E-state index in [1.54, 1.807) is 62.0 Å². The fraction of sp³-hybridized carbons (Fsp3) is 0.355. The zero-order valence-electron chi connectivity index (χ0n) is 23.1. The molecule has 2 aromatic heterocycles. The summed E-state index contributed by atoms with van der Waals surface area (Å²) >= 11 is 0. The number of amides is 2. The molecule has 1 aliphatic heterocycles. The molecule has 0 radical (unpaired) electrons. The maximum atomic E-state index is 13.2. The molecule has 2 amide bonds. The Balaban J connectivity index is 1.43. The highest BCUT2D eigenvalue weighted by Crippen LogP contribution is 2.36. The number of aliphatic hydroxyl groups is 1. The molecule has 1 N–H and O–H groups in total. The Hall–Kier alpha value is -4.04. The first-order valence-corrected chi connectivity index (χ1v) is 13.1. The molecular formula is C31H33N3O5. The van der Waals surface area contributed by atoms with Crippen molar-refractivity contribution in [1.82, 2.24) is 14.5 Å². The molecule has 39 heavy (non-hydrogen) atoms. The minimum absolute atomic E-state index is 0.0104. The van der Waals surface area contributed by atoms with Crippen LogP contribution in [0.1, 0.15) is 66.1 Å². The lowest BCUT2D eigenvalue weighted by Crippen LogP contribution is -2.39. The number of benzene rings is 2. The smallest absolute Gasteiger partial charge is 0.261 e. The summed E-state index contributed by atoms with van der Waals surface area (Å²) in [4.78, 5) is 44.6. The van der Waals surface area contributed by atoms with E-state index in [1.807, 2.05) is 32.9 Å². The first-order chi connectivity index (χ1) is 18.4. The molecule has 0 spiro atoms. The molecule has 0 bridgehead atoms. The van der Waals surface area contributed by atoms with Crippen LogP contribution in [0.25, 0.3) is 21.7 Å². The summed E-state index contributed by atoms with van der Waals surface area (Å²) in [5.41, 5.74) is 1.47. The van der Waals surface area contributed by atoms with Crippen molar-refractivity contribution in [1.29, 1.82) is 0 Å². The van der Waals surface area contributed by atoms with Crippen molar-refractivity contribution in [2.75, 3.05) is 6.61 Å². The van der Waals surface area contributed by atoms with Gasteiger partial charge in [0.25, 0.3) is 17.4 Å². The van der Waals surface area contributed by atoms with E-state index < -0.39 is 5.60 Å². The predicted molar refractivity (Wildman–Crippen MR) is 150 cm³/mol. The van der Waals surface area contributed by atoms with Crippen LogP contribution in [-0.4, -0.2) is 44.0 Å². The van der Waals surface area contributed by atoms with E-state index in [2.05, 4.69) is 4.98 Å². The van der Waals surface area contributed by atoms with Gasteiger partial charge < -0.3 is 14.4 Å². The van der Waals surface area contributed by atoms with Crippen LogP contribution in [0.4, 0.5) is 0 Å². The molecule has 202 valence electrons. The molecular weight excluding hydrogens is 494 g/mol. The second-order valence-corrected chi connectivity index (χ2v) is 11.1. The Bertz CT molecular complexity index is 1660. The van der Waals surface area contributed by atoms with E-state index in [0.29, 0.717) is 52.1 Å². The van der Waals surface area contributed by atoms with E-state index in [9.17, 15) is 19.5 Å². The van der Waals surface area contributed by atoms with E-state index in [-0.39, 0.29) is 29.3 Å². The van der Waals surface area contributed by atoms with Crippen LogP contribution in [0.3, 0.4) is 0 Å². The average molecular weight is 528 g/mol. The van der Waals surface area contributed by atoms with Gasteiger partial charge in [-0.15, -0.1) is 0 Å². The Labute approximate surface area is 226 Å². The zero-order valence-corrected chi connectivity index (χ0v) is 23.1. The second-order valence-electron chi connectivity index (χ2n) is 11.1. The van der Waals surface area contributed by atoms with E-state index >= 15 is 0 Å². The minimum Gasteiger partial charge on any atom is -0.493 e. The van der Waals surface area contributed by atoms with Gasteiger partial charge in [-0.3, -0.25) is 24.3 Å². The van der Waals surface area contributed by atoms with Gasteiger partial charge in [-0.05, 0) is 69.7 Å². The standard InChI is InChI=1S/C31H33N3O5/c1-17(13-18(2)34-28(35)21-9-7-8-10-22(21)29(34)36)16-39-26-15-25-23(14-24(26)31(4,5)38)20-11-12-32-19(3)27(20)30(37)33(25)6/h7-12,14-15,17-18,38H,13,16H2,1-6H3. The van der Waals surface area contributed by atoms with Crippen molar-refractivity contribution in [3.8, 4) is 5.75 Å². The van der Waals surface area contributed by atoms with Crippen LogP contribution in [0.2, 0.25) is 0 Å². The lowest BCUT2D eigenvalue weighted by molar-refractivity contribution is 0.0564. The third-order valence-electron chi connectivity index (χ3n) is 7.60. The van der Waals surface area contributed by atoms with Crippen molar-refractivity contribution in [3.05, 3.63) is 81.4 Å². The van der Waals surface area contributed by atoms with Crippen LogP contribution in [0.5, 0.6) is 5.75 Å². The summed E-state index contributed by atoms with van der Waals surface area (Å²) in [6.45, 7) is 9.38. The van der Waals surface area contributed by atoms with Gasteiger partial charge in [-0.2, -0.15) is 0 Å². The normalized spacial score (nSPS) is 15.2. The maximum Gasteiger partial charge on any atom is 0.261 e. The summed E-state index contributed by atoms with van der Waals surface area (Å²) in [5, 5.41) is 13.2. The number of fused-ring (bicyclic) bond motifs is 4. The van der Waals surface area contributed by atoms with Gasteiger partial charge >= 0.3 is 0 Å². The Kier molecular flexibility index (Phi) is 6.55. The molecule has 0 aliphatic carbocycles. The minimum atomic E-state index is -1.21.